The molecule has 1 aromatic carbocycles. The Labute approximate surface area is 181 Å². The molecule has 2 aromatic rings. The molecule has 0 spiro atoms. The van der Waals surface area contributed by atoms with E-state index in [0.717, 1.165) is 0 Å². The number of hydrogen-bond acceptors (Lipinski definition) is 1. The Morgan fingerprint density at radius 1 is 1.19 bits per heavy atom. The van der Waals surface area contributed by atoms with E-state index in [2.05, 4.69) is 98.9 Å². The predicted molar refractivity (Wildman–Crippen MR) is 125 cm³/mol. The first-order valence-corrected chi connectivity index (χ1v) is 22.9. The Morgan fingerprint density at radius 3 is 2.31 bits per heavy atom. The topological polar surface area (TPSA) is 17.0 Å². The summed E-state index contributed by atoms with van der Waals surface area (Å²) in [6.07, 6.45) is 2.42. The van der Waals surface area contributed by atoms with E-state index < -0.39 is 17.7 Å². The smallest absolute Gasteiger partial charge is 0.147 e. The van der Waals surface area contributed by atoms with Gasteiger partial charge >= 0.3 is 158 Å². The first kappa shape index (κ1) is 24.7. The average molecular weight is 558 g/mol. The molecule has 0 bridgehead atoms. The van der Waals surface area contributed by atoms with Gasteiger partial charge in [-0.25, -0.2) is 0 Å². The molecule has 26 heavy (non-hydrogen) atoms. The first-order chi connectivity index (χ1) is 10.8. The molecule has 0 amide bonds. The molecule has 0 saturated heterocycles. The molecule has 1 aliphatic rings. The normalized spacial score (nSPS) is 17.4. The van der Waals surface area contributed by atoms with Crippen LogP contribution in [0.1, 0.15) is 42.6 Å². The van der Waals surface area contributed by atoms with Crippen molar-refractivity contribution in [3.8, 4) is 0 Å². The Hall–Kier alpha value is 0.620. The Bertz CT molecular complexity index is 951. The summed E-state index contributed by atoms with van der Waals surface area (Å²) < 4.78 is 13.4. The maximum atomic E-state index is 4.13. The molecule has 3 rings (SSSR count). The molecule has 1 aromatic heterocycles. The zero-order valence-corrected chi connectivity index (χ0v) is 23.8. The third-order valence-corrected chi connectivity index (χ3v) is 19.4. The van der Waals surface area contributed by atoms with E-state index in [-0.39, 0.29) is 30.4 Å². The number of halogens is 3. The number of nitrogens with one attached hydrogen (secondary N) is 1. The number of allylic oxidation sites excluding steroid dienone is 1. The van der Waals surface area contributed by atoms with E-state index >= 15 is 0 Å². The van der Waals surface area contributed by atoms with E-state index in [4.69, 9.17) is 0 Å². The number of hydrogen-bond donors (Lipinski definition) is 1. The van der Waals surface area contributed by atoms with Gasteiger partial charge in [-0.2, -0.15) is 0 Å². The number of nitrogens with zero attached hydrogens (tertiary/aromatic N) is 1. The molecule has 0 fully saturated rings. The van der Waals surface area contributed by atoms with Gasteiger partial charge in [-0.1, -0.05) is 0 Å². The first-order valence-electron chi connectivity index (χ1n) is 8.62. The summed E-state index contributed by atoms with van der Waals surface area (Å²) in [7, 11) is 2.20. The van der Waals surface area contributed by atoms with Crippen molar-refractivity contribution in [2.75, 3.05) is 0 Å². The summed E-state index contributed by atoms with van der Waals surface area (Å²) in [5.41, 5.74) is 5.94. The molecule has 0 radical (unpaired) electrons. The number of rotatable bonds is 2. The van der Waals surface area contributed by atoms with Gasteiger partial charge in [0, 0.05) is 0 Å². The minimum absolute atomic E-state index is 0. The summed E-state index contributed by atoms with van der Waals surface area (Å²) in [6, 6.07) is 6.61. The monoisotopic (exact) mass is 554 g/mol. The van der Waals surface area contributed by atoms with E-state index in [0.29, 0.717) is 3.63 Å². The van der Waals surface area contributed by atoms with Gasteiger partial charge in [-0.3, -0.25) is 0 Å². The number of aromatic nitrogens is 1. The third kappa shape index (κ3) is 4.14. The van der Waals surface area contributed by atoms with Gasteiger partial charge in [0.2, 0.25) is 0 Å². The molecule has 1 aliphatic carbocycles. The van der Waals surface area contributed by atoms with Crippen LogP contribution in [0.2, 0.25) is 9.26 Å². The van der Waals surface area contributed by atoms with Crippen molar-refractivity contribution in [3.05, 3.63) is 39.5 Å². The molecule has 1 N–H and O–H groups in total. The third-order valence-electron chi connectivity index (χ3n) is 5.07. The van der Waals surface area contributed by atoms with Gasteiger partial charge in [0.1, 0.15) is 0 Å². The van der Waals surface area contributed by atoms with E-state index in [1.165, 1.54) is 26.6 Å². The molecule has 0 saturated carbocycles. The van der Waals surface area contributed by atoms with Crippen LogP contribution in [0.3, 0.4) is 0 Å². The Balaban J connectivity index is 0.00000169. The number of fused-ring (bicyclic) bond motifs is 3. The van der Waals surface area contributed by atoms with Crippen LogP contribution >= 0.6 is 40.7 Å². The average Bonchev–Trinajstić information content (AvgIpc) is 2.83. The van der Waals surface area contributed by atoms with Gasteiger partial charge in [-0.15, -0.1) is 24.8 Å². The van der Waals surface area contributed by atoms with Crippen LogP contribution in [0.25, 0.3) is 17.0 Å². The SMILES string of the molecule is CC1=Cc2c(c3cccc(Br)c3n2C)[CH]1[Zr]([CH3])([CH3])(=[SiH2])[NH]C(C)(C)C.Cl.Cl. The second-order valence-corrected chi connectivity index (χ2v) is 39.1. The van der Waals surface area contributed by atoms with Crippen LogP contribution in [-0.2, 0) is 24.7 Å². The van der Waals surface area contributed by atoms with Crippen LogP contribution in [-0.4, -0.2) is 17.0 Å². The van der Waals surface area contributed by atoms with Gasteiger partial charge in [-0.05, 0) is 0 Å². The second kappa shape index (κ2) is 7.46. The summed E-state index contributed by atoms with van der Waals surface area (Å²) in [5, 5.41) is 1.41. The Morgan fingerprint density at radius 2 is 1.77 bits per heavy atom. The van der Waals surface area contributed by atoms with Crippen molar-refractivity contribution in [2.45, 2.75) is 46.1 Å². The van der Waals surface area contributed by atoms with Crippen LogP contribution in [0.15, 0.2) is 28.2 Å². The number of para-hydroxylation sites is 1. The second-order valence-electron chi connectivity index (χ2n) is 9.50. The van der Waals surface area contributed by atoms with Crippen molar-refractivity contribution in [1.29, 1.82) is 0 Å². The van der Waals surface area contributed by atoms with Crippen LogP contribution < -0.4 is 3.26 Å². The molecule has 7 heteroatoms. The standard InChI is InChI=1S/C13H11BrN.C4H10N.2CH3.2ClH.H2Si.Zr/c1-8-6-10-9-4-3-5-11(14)13(9)15(2)12(10)7-8;1-4(2,3)5;;;;;;/h3-7H,1-2H3;5H,1-3H3;2*1H3;2*1H;1H2;/q;-1;;;;;;+1. The van der Waals surface area contributed by atoms with Gasteiger partial charge in [0.25, 0.3) is 0 Å². The number of aryl methyl sites for hydroxylation is 1. The summed E-state index contributed by atoms with van der Waals surface area (Å²) in [5.74, 6) is 0. The van der Waals surface area contributed by atoms with Gasteiger partial charge in [0.05, 0.1) is 0 Å². The van der Waals surface area contributed by atoms with Crippen LogP contribution in [0.5, 0.6) is 0 Å². The largest absolute Gasteiger partial charge is 0.147 e. The molecule has 146 valence electrons. The van der Waals surface area contributed by atoms with E-state index in [9.17, 15) is 0 Å². The van der Waals surface area contributed by atoms with Gasteiger partial charge < -0.3 is 0 Å². The summed E-state index contributed by atoms with van der Waals surface area (Å²) >= 11 is 0.575. The molecular weight excluding hydrogens is 526 g/mol. The zero-order chi connectivity index (χ0) is 18.1. The van der Waals surface area contributed by atoms with Crippen LogP contribution in [0.4, 0.5) is 0 Å². The van der Waals surface area contributed by atoms with Crippen molar-refractivity contribution >= 4 is 64.6 Å². The van der Waals surface area contributed by atoms with E-state index in [1.54, 1.807) is 5.56 Å². The molecule has 2 nitrogen and oxygen atoms in total. The minimum Gasteiger partial charge on any atom is -0.147 e. The summed E-state index contributed by atoms with van der Waals surface area (Å²) in [4.78, 5) is 0. The molecular formula is C19H31BrCl2N2SiZr. The van der Waals surface area contributed by atoms with Crippen molar-refractivity contribution in [2.24, 2.45) is 7.05 Å². The fourth-order valence-electron chi connectivity index (χ4n) is 5.01. The fraction of sp³-hybridized carbons (Fsp3) is 0.474. The molecule has 0 aliphatic heterocycles. The Kier molecular flexibility index (Phi) is 7.08. The van der Waals surface area contributed by atoms with Gasteiger partial charge in [0.15, 0.2) is 0 Å². The van der Waals surface area contributed by atoms with Crippen molar-refractivity contribution in [1.82, 2.24) is 7.83 Å². The van der Waals surface area contributed by atoms with Crippen molar-refractivity contribution < 1.29 is 17.7 Å². The zero-order valence-electron chi connectivity index (χ0n) is 16.7. The van der Waals surface area contributed by atoms with Crippen molar-refractivity contribution in [3.63, 3.8) is 0 Å². The molecule has 1 atom stereocenters. The summed E-state index contributed by atoms with van der Waals surface area (Å²) in [6.45, 7) is 11.5. The number of benzene rings is 1. The predicted octanol–water partition coefficient (Wildman–Crippen LogP) is 5.88. The molecule has 1 heterocycles. The molecule has 1 unspecified atom stereocenters. The van der Waals surface area contributed by atoms with E-state index in [1.807, 2.05) is 0 Å². The fourth-order valence-corrected chi connectivity index (χ4v) is 25.1. The van der Waals surface area contributed by atoms with Crippen LogP contribution in [0, 0.1) is 0 Å². The minimum atomic E-state index is -3.18. The maximum absolute atomic E-state index is 4.13. The quantitative estimate of drug-likeness (QED) is 0.457. The maximum Gasteiger partial charge on any atom is -0.147 e.